The average molecular weight is 171 g/mol. The topological polar surface area (TPSA) is 29.5 Å². The Kier molecular flexibility index (Phi) is 5.17. The van der Waals surface area contributed by atoms with Gasteiger partial charge in [0.2, 0.25) is 0 Å². The van der Waals surface area contributed by atoms with Gasteiger partial charge in [-0.2, -0.15) is 0 Å². The number of rotatable bonds is 4. The van der Waals surface area contributed by atoms with Crippen LogP contribution in [0.15, 0.2) is 11.8 Å². The maximum atomic E-state index is 11.0. The molecular formula is C9H17NO2. The number of hydrogen-bond donors (Lipinski definition) is 0. The van der Waals surface area contributed by atoms with E-state index in [4.69, 9.17) is 0 Å². The number of ether oxygens (including phenoxy) is 1. The number of nitrogens with zero attached hydrogens (tertiary/aromatic N) is 1. The van der Waals surface area contributed by atoms with Gasteiger partial charge in [0.15, 0.2) is 0 Å². The summed E-state index contributed by atoms with van der Waals surface area (Å²) in [5, 5.41) is 0. The Hall–Kier alpha value is -0.990. The van der Waals surface area contributed by atoms with Gasteiger partial charge in [-0.15, -0.1) is 0 Å². The Balaban J connectivity index is 4.21. The van der Waals surface area contributed by atoms with Crippen molar-refractivity contribution < 1.29 is 9.53 Å². The van der Waals surface area contributed by atoms with Gasteiger partial charge in [0.25, 0.3) is 0 Å². The van der Waals surface area contributed by atoms with E-state index in [1.807, 2.05) is 24.9 Å². The second-order valence-electron chi connectivity index (χ2n) is 2.52. The Morgan fingerprint density at radius 3 is 2.25 bits per heavy atom. The average Bonchev–Trinajstić information content (AvgIpc) is 2.12. The highest BCUT2D eigenvalue weighted by molar-refractivity contribution is 5.87. The minimum atomic E-state index is -0.262. The molecule has 0 N–H and O–H groups in total. The van der Waals surface area contributed by atoms with Crippen molar-refractivity contribution in [3.05, 3.63) is 11.8 Å². The van der Waals surface area contributed by atoms with Gasteiger partial charge in [0.1, 0.15) is 0 Å². The molecule has 0 aliphatic rings. The molecule has 3 heteroatoms. The van der Waals surface area contributed by atoms with Crippen LogP contribution in [0.1, 0.15) is 20.8 Å². The van der Waals surface area contributed by atoms with Crippen LogP contribution < -0.4 is 0 Å². The first-order chi connectivity index (χ1) is 5.65. The van der Waals surface area contributed by atoms with Crippen molar-refractivity contribution in [1.82, 2.24) is 4.90 Å². The molecule has 70 valence electrons. The summed E-state index contributed by atoms with van der Waals surface area (Å²) in [5.41, 5.74) is 0.640. The summed E-state index contributed by atoms with van der Waals surface area (Å²) in [4.78, 5) is 13.0. The third kappa shape index (κ3) is 3.42. The number of carbonyl (C=O) groups is 1. The third-order valence-corrected chi connectivity index (χ3v) is 1.70. The molecule has 0 aliphatic carbocycles. The molecule has 0 amide bonds. The lowest BCUT2D eigenvalue weighted by molar-refractivity contribution is -0.136. The standard InChI is InChI=1S/C9H17NO2/c1-5-10(6-2)7-8(3)9(11)12-4/h7H,5-6H2,1-4H3/b8-7+. The van der Waals surface area contributed by atoms with Gasteiger partial charge >= 0.3 is 5.97 Å². The zero-order valence-corrected chi connectivity index (χ0v) is 8.26. The second kappa shape index (κ2) is 5.63. The quantitative estimate of drug-likeness (QED) is 0.473. The predicted molar refractivity (Wildman–Crippen MR) is 48.7 cm³/mol. The molecule has 0 saturated carbocycles. The molecule has 0 bridgehead atoms. The van der Waals surface area contributed by atoms with Crippen LogP contribution in [0.4, 0.5) is 0 Å². The highest BCUT2D eigenvalue weighted by Gasteiger charge is 2.03. The Bertz CT molecular complexity index is 171. The Labute approximate surface area is 74.0 Å². The monoisotopic (exact) mass is 171 g/mol. The van der Waals surface area contributed by atoms with Crippen LogP contribution in [0.5, 0.6) is 0 Å². The fourth-order valence-electron chi connectivity index (χ4n) is 0.894. The van der Waals surface area contributed by atoms with E-state index in [-0.39, 0.29) is 5.97 Å². The van der Waals surface area contributed by atoms with E-state index < -0.39 is 0 Å². The van der Waals surface area contributed by atoms with Crippen LogP contribution in [0, 0.1) is 0 Å². The van der Waals surface area contributed by atoms with Crippen LogP contribution in [0.2, 0.25) is 0 Å². The molecule has 0 unspecified atom stereocenters. The molecule has 0 radical (unpaired) electrons. The summed E-state index contributed by atoms with van der Waals surface area (Å²) in [7, 11) is 1.39. The summed E-state index contributed by atoms with van der Waals surface area (Å²) >= 11 is 0. The summed E-state index contributed by atoms with van der Waals surface area (Å²) in [5.74, 6) is -0.262. The zero-order chi connectivity index (χ0) is 9.56. The molecule has 12 heavy (non-hydrogen) atoms. The van der Waals surface area contributed by atoms with Crippen LogP contribution in [-0.4, -0.2) is 31.1 Å². The maximum absolute atomic E-state index is 11.0. The summed E-state index contributed by atoms with van der Waals surface area (Å²) in [6, 6.07) is 0. The fourth-order valence-corrected chi connectivity index (χ4v) is 0.894. The smallest absolute Gasteiger partial charge is 0.334 e. The Morgan fingerprint density at radius 2 is 1.92 bits per heavy atom. The van der Waals surface area contributed by atoms with E-state index >= 15 is 0 Å². The number of hydrogen-bond acceptors (Lipinski definition) is 3. The van der Waals surface area contributed by atoms with Crippen molar-refractivity contribution >= 4 is 5.97 Å². The normalized spacial score (nSPS) is 11.2. The first-order valence-electron chi connectivity index (χ1n) is 4.16. The van der Waals surface area contributed by atoms with Gasteiger partial charge in [-0.3, -0.25) is 0 Å². The van der Waals surface area contributed by atoms with Gasteiger partial charge in [-0.1, -0.05) is 0 Å². The zero-order valence-electron chi connectivity index (χ0n) is 8.26. The minimum absolute atomic E-state index is 0.262. The third-order valence-electron chi connectivity index (χ3n) is 1.70. The molecule has 0 aromatic carbocycles. The van der Waals surface area contributed by atoms with Gasteiger partial charge in [-0.05, 0) is 20.8 Å². The maximum Gasteiger partial charge on any atom is 0.334 e. The molecule has 0 aliphatic heterocycles. The van der Waals surface area contributed by atoms with Gasteiger partial charge in [-0.25, -0.2) is 4.79 Å². The highest BCUT2D eigenvalue weighted by Crippen LogP contribution is 1.98. The van der Waals surface area contributed by atoms with E-state index in [9.17, 15) is 4.79 Å². The lowest BCUT2D eigenvalue weighted by Gasteiger charge is -2.15. The molecule has 0 heterocycles. The van der Waals surface area contributed by atoms with Crippen molar-refractivity contribution in [3.8, 4) is 0 Å². The summed E-state index contributed by atoms with van der Waals surface area (Å²) in [6.45, 7) is 7.66. The first-order valence-corrected chi connectivity index (χ1v) is 4.16. The number of carbonyl (C=O) groups excluding carboxylic acids is 1. The van der Waals surface area contributed by atoms with Gasteiger partial charge in [0, 0.05) is 24.9 Å². The van der Waals surface area contributed by atoms with Crippen molar-refractivity contribution in [3.63, 3.8) is 0 Å². The molecule has 0 rings (SSSR count). The molecule has 3 nitrogen and oxygen atoms in total. The largest absolute Gasteiger partial charge is 0.466 e. The number of esters is 1. The minimum Gasteiger partial charge on any atom is -0.466 e. The van der Waals surface area contributed by atoms with E-state index in [0.717, 1.165) is 13.1 Å². The summed E-state index contributed by atoms with van der Waals surface area (Å²) < 4.78 is 4.57. The van der Waals surface area contributed by atoms with Crippen LogP contribution in [0.25, 0.3) is 0 Å². The molecule has 0 spiro atoms. The predicted octanol–water partition coefficient (Wildman–Crippen LogP) is 1.41. The van der Waals surface area contributed by atoms with E-state index in [0.29, 0.717) is 5.57 Å². The van der Waals surface area contributed by atoms with Crippen molar-refractivity contribution in [2.45, 2.75) is 20.8 Å². The van der Waals surface area contributed by atoms with Gasteiger partial charge < -0.3 is 9.64 Å². The summed E-state index contributed by atoms with van der Waals surface area (Å²) in [6.07, 6.45) is 1.83. The molecular weight excluding hydrogens is 154 g/mol. The molecule has 0 aromatic rings. The lowest BCUT2D eigenvalue weighted by Crippen LogP contribution is -2.17. The lowest BCUT2D eigenvalue weighted by atomic mass is 10.3. The SMILES string of the molecule is CCN(/C=C(\C)C(=O)OC)CC. The van der Waals surface area contributed by atoms with Crippen molar-refractivity contribution in [2.24, 2.45) is 0 Å². The van der Waals surface area contributed by atoms with Crippen LogP contribution in [-0.2, 0) is 9.53 Å². The molecule has 0 fully saturated rings. The van der Waals surface area contributed by atoms with Crippen molar-refractivity contribution in [2.75, 3.05) is 20.2 Å². The van der Waals surface area contributed by atoms with Crippen LogP contribution in [0.3, 0.4) is 0 Å². The van der Waals surface area contributed by atoms with Crippen LogP contribution >= 0.6 is 0 Å². The van der Waals surface area contributed by atoms with E-state index in [1.165, 1.54) is 7.11 Å². The molecule has 0 atom stereocenters. The number of methoxy groups -OCH3 is 1. The Morgan fingerprint density at radius 1 is 1.42 bits per heavy atom. The van der Waals surface area contributed by atoms with E-state index in [2.05, 4.69) is 4.74 Å². The highest BCUT2D eigenvalue weighted by atomic mass is 16.5. The second-order valence-corrected chi connectivity index (χ2v) is 2.52. The molecule has 0 saturated heterocycles. The fraction of sp³-hybridized carbons (Fsp3) is 0.667. The molecule has 0 aromatic heterocycles. The van der Waals surface area contributed by atoms with Gasteiger partial charge in [0.05, 0.1) is 7.11 Å². The van der Waals surface area contributed by atoms with E-state index in [1.54, 1.807) is 6.92 Å². The van der Waals surface area contributed by atoms with Crippen molar-refractivity contribution in [1.29, 1.82) is 0 Å². The first kappa shape index (κ1) is 11.0.